The molecule has 1 rings (SSSR count). The van der Waals surface area contributed by atoms with Gasteiger partial charge in [-0.1, -0.05) is 0 Å². The molecule has 0 bridgehead atoms. The summed E-state index contributed by atoms with van der Waals surface area (Å²) < 4.78 is 27.7. The molecule has 106 valence electrons. The van der Waals surface area contributed by atoms with Crippen molar-refractivity contribution in [2.24, 2.45) is 0 Å². The van der Waals surface area contributed by atoms with Crippen LogP contribution >= 0.6 is 12.2 Å². The van der Waals surface area contributed by atoms with Gasteiger partial charge >= 0.3 is 0 Å². The third-order valence-corrected chi connectivity index (χ3v) is 4.82. The Labute approximate surface area is 115 Å². The summed E-state index contributed by atoms with van der Waals surface area (Å²) in [5, 5.41) is 6.87. The van der Waals surface area contributed by atoms with Crippen molar-refractivity contribution in [1.29, 1.82) is 0 Å². The van der Waals surface area contributed by atoms with Crippen LogP contribution in [0.4, 0.5) is 0 Å². The monoisotopic (exact) mass is 294 g/mol. The molecule has 1 fully saturated rings. The number of sulfone groups is 1. The molecule has 0 spiro atoms. The first-order valence-electron chi connectivity index (χ1n) is 6.36. The molecule has 0 aromatic carbocycles. The van der Waals surface area contributed by atoms with Crippen molar-refractivity contribution in [2.75, 3.05) is 31.3 Å². The van der Waals surface area contributed by atoms with Gasteiger partial charge in [-0.05, 0) is 38.4 Å². The molecule has 7 heteroatoms. The van der Waals surface area contributed by atoms with E-state index in [1.807, 2.05) is 6.92 Å². The average molecular weight is 294 g/mol. The van der Waals surface area contributed by atoms with Gasteiger partial charge < -0.3 is 15.4 Å². The van der Waals surface area contributed by atoms with Crippen LogP contribution < -0.4 is 10.6 Å². The average Bonchev–Trinajstić information content (AvgIpc) is 2.32. The Kier molecular flexibility index (Phi) is 6.88. The second-order valence-electron chi connectivity index (χ2n) is 4.38. The quantitative estimate of drug-likeness (QED) is 0.548. The van der Waals surface area contributed by atoms with E-state index in [0.717, 1.165) is 26.2 Å². The number of rotatable bonds is 6. The van der Waals surface area contributed by atoms with Crippen LogP contribution in [0.5, 0.6) is 0 Å². The highest BCUT2D eigenvalue weighted by Crippen LogP contribution is 2.11. The van der Waals surface area contributed by atoms with Gasteiger partial charge in [0.25, 0.3) is 0 Å². The van der Waals surface area contributed by atoms with E-state index in [2.05, 4.69) is 10.6 Å². The van der Waals surface area contributed by atoms with Gasteiger partial charge in [0.15, 0.2) is 5.11 Å². The summed E-state index contributed by atoms with van der Waals surface area (Å²) in [4.78, 5) is 0. The van der Waals surface area contributed by atoms with E-state index in [4.69, 9.17) is 17.0 Å². The smallest absolute Gasteiger partial charge is 0.166 e. The van der Waals surface area contributed by atoms with E-state index in [1.54, 1.807) is 0 Å². The summed E-state index contributed by atoms with van der Waals surface area (Å²) >= 11 is 5.16. The Morgan fingerprint density at radius 2 is 2.06 bits per heavy atom. The van der Waals surface area contributed by atoms with E-state index in [9.17, 15) is 8.42 Å². The van der Waals surface area contributed by atoms with Crippen LogP contribution in [0, 0.1) is 0 Å². The third kappa shape index (κ3) is 6.51. The zero-order chi connectivity index (χ0) is 13.4. The number of hydrogen-bond donors (Lipinski definition) is 2. The molecular formula is C11H22N2O3S2. The van der Waals surface area contributed by atoms with Crippen molar-refractivity contribution in [2.45, 2.75) is 32.2 Å². The first-order valence-corrected chi connectivity index (χ1v) is 8.59. The van der Waals surface area contributed by atoms with Crippen molar-refractivity contribution in [3.05, 3.63) is 0 Å². The van der Waals surface area contributed by atoms with Crippen LogP contribution in [-0.4, -0.2) is 50.8 Å². The zero-order valence-corrected chi connectivity index (χ0v) is 12.4. The first-order chi connectivity index (χ1) is 8.53. The third-order valence-electron chi connectivity index (χ3n) is 2.84. The standard InChI is InChI=1S/C11H22N2O3S2/c1-2-16-7-3-6-12-11(17)13-10-4-8-18(14,15)9-5-10/h10H,2-9H2,1H3,(H2,12,13,17). The number of nitrogens with one attached hydrogen (secondary N) is 2. The summed E-state index contributed by atoms with van der Waals surface area (Å²) in [6.07, 6.45) is 2.20. The fraction of sp³-hybridized carbons (Fsp3) is 0.909. The molecule has 0 radical (unpaired) electrons. The molecule has 1 heterocycles. The minimum Gasteiger partial charge on any atom is -0.382 e. The van der Waals surface area contributed by atoms with Gasteiger partial charge in [0, 0.05) is 25.8 Å². The van der Waals surface area contributed by atoms with Crippen LogP contribution in [0.15, 0.2) is 0 Å². The highest BCUT2D eigenvalue weighted by molar-refractivity contribution is 7.91. The fourth-order valence-electron chi connectivity index (χ4n) is 1.79. The lowest BCUT2D eigenvalue weighted by molar-refractivity contribution is 0.145. The van der Waals surface area contributed by atoms with E-state index in [-0.39, 0.29) is 17.5 Å². The summed E-state index contributed by atoms with van der Waals surface area (Å²) in [6, 6.07) is 0.181. The van der Waals surface area contributed by atoms with Crippen molar-refractivity contribution >= 4 is 27.2 Å². The highest BCUT2D eigenvalue weighted by Gasteiger charge is 2.23. The highest BCUT2D eigenvalue weighted by atomic mass is 32.2. The van der Waals surface area contributed by atoms with Gasteiger partial charge in [-0.25, -0.2) is 8.42 Å². The molecule has 1 aliphatic heterocycles. The number of ether oxygens (including phenoxy) is 1. The van der Waals surface area contributed by atoms with Gasteiger partial charge in [-0.15, -0.1) is 0 Å². The molecular weight excluding hydrogens is 272 g/mol. The Balaban J connectivity index is 2.10. The van der Waals surface area contributed by atoms with Gasteiger partial charge in [0.05, 0.1) is 11.5 Å². The summed E-state index contributed by atoms with van der Waals surface area (Å²) in [5.41, 5.74) is 0. The second-order valence-corrected chi connectivity index (χ2v) is 7.09. The molecule has 0 aromatic heterocycles. The maximum Gasteiger partial charge on any atom is 0.166 e. The van der Waals surface area contributed by atoms with E-state index in [1.165, 1.54) is 0 Å². The minimum absolute atomic E-state index is 0.181. The predicted octanol–water partition coefficient (Wildman–Crippen LogP) is 0.454. The number of thiocarbonyl (C=S) groups is 1. The molecule has 5 nitrogen and oxygen atoms in total. The number of hydrogen-bond acceptors (Lipinski definition) is 4. The molecule has 0 aromatic rings. The van der Waals surface area contributed by atoms with Gasteiger partial charge in [0.1, 0.15) is 9.84 Å². The summed E-state index contributed by atoms with van der Waals surface area (Å²) in [7, 11) is -2.80. The first kappa shape index (κ1) is 15.7. The molecule has 0 aliphatic carbocycles. The lowest BCUT2D eigenvalue weighted by atomic mass is 10.2. The lowest BCUT2D eigenvalue weighted by Crippen LogP contribution is -2.45. The van der Waals surface area contributed by atoms with Gasteiger partial charge in [-0.3, -0.25) is 0 Å². The summed E-state index contributed by atoms with van der Waals surface area (Å²) in [6.45, 7) is 4.21. The van der Waals surface area contributed by atoms with Crippen molar-refractivity contribution in [1.82, 2.24) is 10.6 Å². The predicted molar refractivity (Wildman–Crippen MR) is 76.5 cm³/mol. The lowest BCUT2D eigenvalue weighted by Gasteiger charge is -2.24. The maximum atomic E-state index is 11.3. The molecule has 0 unspecified atom stereocenters. The summed E-state index contributed by atoms with van der Waals surface area (Å²) in [5.74, 6) is 0.523. The molecule has 0 atom stereocenters. The van der Waals surface area contributed by atoms with Crippen LogP contribution in [0.25, 0.3) is 0 Å². The molecule has 1 saturated heterocycles. The van der Waals surface area contributed by atoms with E-state index < -0.39 is 9.84 Å². The van der Waals surface area contributed by atoms with Crippen LogP contribution in [0.1, 0.15) is 26.2 Å². The van der Waals surface area contributed by atoms with Crippen molar-refractivity contribution < 1.29 is 13.2 Å². The molecule has 2 N–H and O–H groups in total. The van der Waals surface area contributed by atoms with Crippen LogP contribution in [0.3, 0.4) is 0 Å². The Morgan fingerprint density at radius 3 is 2.67 bits per heavy atom. The van der Waals surface area contributed by atoms with E-state index >= 15 is 0 Å². The SMILES string of the molecule is CCOCCCNC(=S)NC1CCS(=O)(=O)CC1. The molecule has 18 heavy (non-hydrogen) atoms. The van der Waals surface area contributed by atoms with Crippen LogP contribution in [-0.2, 0) is 14.6 Å². The van der Waals surface area contributed by atoms with Gasteiger partial charge in [-0.2, -0.15) is 0 Å². The maximum absolute atomic E-state index is 11.3. The Hall–Kier alpha value is -0.400. The fourth-order valence-corrected chi connectivity index (χ4v) is 3.55. The zero-order valence-electron chi connectivity index (χ0n) is 10.8. The molecule has 0 amide bonds. The Morgan fingerprint density at radius 1 is 1.39 bits per heavy atom. The topological polar surface area (TPSA) is 67.4 Å². The van der Waals surface area contributed by atoms with Crippen LogP contribution in [0.2, 0.25) is 0 Å². The Bertz CT molecular complexity index is 343. The second kappa shape index (κ2) is 7.91. The van der Waals surface area contributed by atoms with E-state index in [0.29, 0.717) is 18.0 Å². The minimum atomic E-state index is -2.80. The van der Waals surface area contributed by atoms with Crippen molar-refractivity contribution in [3.63, 3.8) is 0 Å². The molecule has 1 aliphatic rings. The van der Waals surface area contributed by atoms with Gasteiger partial charge in [0.2, 0.25) is 0 Å². The van der Waals surface area contributed by atoms with Crippen molar-refractivity contribution in [3.8, 4) is 0 Å². The normalized spacial score (nSPS) is 19.4. The largest absolute Gasteiger partial charge is 0.382 e. The molecule has 0 saturated carbocycles.